The number of aromatic carboxylic acids is 1. The Labute approximate surface area is 167 Å². The lowest BCUT2D eigenvalue weighted by Crippen LogP contribution is -1.96. The van der Waals surface area contributed by atoms with Gasteiger partial charge < -0.3 is 5.11 Å². The molecular weight excluding hydrogens is 364 g/mol. The van der Waals surface area contributed by atoms with Crippen molar-refractivity contribution in [1.29, 1.82) is 0 Å². The molecule has 0 bridgehead atoms. The van der Waals surface area contributed by atoms with Gasteiger partial charge in [-0.3, -0.25) is 5.43 Å². The molecule has 0 amide bonds. The molecule has 0 saturated heterocycles. The lowest BCUT2D eigenvalue weighted by atomic mass is 10.1. The van der Waals surface area contributed by atoms with E-state index in [0.29, 0.717) is 5.69 Å². The number of carboxylic acids is 1. The molecule has 0 saturated carbocycles. The number of para-hydroxylation sites is 1. The van der Waals surface area contributed by atoms with Gasteiger partial charge >= 0.3 is 5.97 Å². The van der Waals surface area contributed by atoms with Crippen LogP contribution in [-0.2, 0) is 0 Å². The third kappa shape index (κ3) is 4.22. The number of hydrogen-bond acceptors (Lipinski definition) is 4. The van der Waals surface area contributed by atoms with E-state index in [0.717, 1.165) is 22.5 Å². The first kappa shape index (κ1) is 18.2. The third-order valence-corrected chi connectivity index (χ3v) is 4.34. The van der Waals surface area contributed by atoms with Crippen molar-refractivity contribution in [1.82, 2.24) is 9.78 Å². The number of anilines is 1. The van der Waals surface area contributed by atoms with Gasteiger partial charge in [0.05, 0.1) is 23.2 Å². The molecule has 1 heterocycles. The molecule has 0 radical (unpaired) electrons. The van der Waals surface area contributed by atoms with Gasteiger partial charge in [0.1, 0.15) is 5.69 Å². The van der Waals surface area contributed by atoms with Crippen molar-refractivity contribution in [3.63, 3.8) is 0 Å². The largest absolute Gasteiger partial charge is 0.478 e. The van der Waals surface area contributed by atoms with Gasteiger partial charge in [-0.15, -0.1) is 0 Å². The molecule has 0 spiro atoms. The maximum Gasteiger partial charge on any atom is 0.335 e. The quantitative estimate of drug-likeness (QED) is 0.375. The minimum Gasteiger partial charge on any atom is -0.478 e. The van der Waals surface area contributed by atoms with Gasteiger partial charge in [0, 0.05) is 17.3 Å². The number of hydrogen-bond donors (Lipinski definition) is 2. The zero-order chi connectivity index (χ0) is 20.1. The Balaban J connectivity index is 1.62. The first-order chi connectivity index (χ1) is 14.2. The molecule has 0 aliphatic rings. The van der Waals surface area contributed by atoms with E-state index < -0.39 is 5.97 Å². The molecule has 4 rings (SSSR count). The smallest absolute Gasteiger partial charge is 0.335 e. The van der Waals surface area contributed by atoms with Crippen molar-refractivity contribution in [3.05, 3.63) is 102 Å². The summed E-state index contributed by atoms with van der Waals surface area (Å²) in [6.45, 7) is 0. The summed E-state index contributed by atoms with van der Waals surface area (Å²) in [6.07, 6.45) is 3.64. The van der Waals surface area contributed by atoms with Gasteiger partial charge in [-0.2, -0.15) is 10.2 Å². The Morgan fingerprint density at radius 3 is 2.24 bits per heavy atom. The van der Waals surface area contributed by atoms with Crippen LogP contribution in [0.2, 0.25) is 0 Å². The average Bonchev–Trinajstić information content (AvgIpc) is 3.19. The summed E-state index contributed by atoms with van der Waals surface area (Å²) in [6, 6.07) is 26.2. The predicted octanol–water partition coefficient (Wildman–Crippen LogP) is 4.68. The second-order valence-electron chi connectivity index (χ2n) is 6.33. The summed E-state index contributed by atoms with van der Waals surface area (Å²) in [7, 11) is 0. The molecule has 0 aliphatic carbocycles. The minimum atomic E-state index is -0.958. The van der Waals surface area contributed by atoms with E-state index in [2.05, 4.69) is 10.5 Å². The lowest BCUT2D eigenvalue weighted by Gasteiger charge is -2.01. The van der Waals surface area contributed by atoms with Crippen LogP contribution in [0.4, 0.5) is 5.69 Å². The van der Waals surface area contributed by atoms with Crippen molar-refractivity contribution in [3.8, 4) is 16.9 Å². The fourth-order valence-corrected chi connectivity index (χ4v) is 2.88. The Morgan fingerprint density at radius 2 is 1.59 bits per heavy atom. The van der Waals surface area contributed by atoms with E-state index in [1.165, 1.54) is 12.1 Å². The number of hydrazone groups is 1. The average molecular weight is 382 g/mol. The molecule has 3 aromatic carbocycles. The summed E-state index contributed by atoms with van der Waals surface area (Å²) >= 11 is 0. The topological polar surface area (TPSA) is 79.5 Å². The van der Waals surface area contributed by atoms with Crippen LogP contribution in [-0.4, -0.2) is 27.1 Å². The van der Waals surface area contributed by atoms with Crippen LogP contribution in [0.1, 0.15) is 15.9 Å². The molecule has 6 nitrogen and oxygen atoms in total. The van der Waals surface area contributed by atoms with Crippen molar-refractivity contribution < 1.29 is 9.90 Å². The monoisotopic (exact) mass is 382 g/mol. The minimum absolute atomic E-state index is 0.232. The molecule has 0 fully saturated rings. The van der Waals surface area contributed by atoms with Crippen LogP contribution in [0.3, 0.4) is 0 Å². The van der Waals surface area contributed by atoms with Crippen LogP contribution < -0.4 is 5.43 Å². The number of nitrogens with one attached hydrogen (secondary N) is 1. The van der Waals surface area contributed by atoms with E-state index in [9.17, 15) is 4.79 Å². The molecule has 142 valence electrons. The highest BCUT2D eigenvalue weighted by molar-refractivity contribution is 5.89. The van der Waals surface area contributed by atoms with Gasteiger partial charge in [0.2, 0.25) is 0 Å². The van der Waals surface area contributed by atoms with E-state index >= 15 is 0 Å². The van der Waals surface area contributed by atoms with Crippen molar-refractivity contribution in [2.24, 2.45) is 5.10 Å². The number of carbonyl (C=O) groups is 1. The highest BCUT2D eigenvalue weighted by Crippen LogP contribution is 2.22. The second-order valence-corrected chi connectivity index (χ2v) is 6.33. The number of benzene rings is 3. The van der Waals surface area contributed by atoms with Gasteiger partial charge in [-0.25, -0.2) is 9.48 Å². The van der Waals surface area contributed by atoms with Crippen molar-refractivity contribution >= 4 is 17.9 Å². The number of carboxylic acid groups (broad SMARTS) is 1. The van der Waals surface area contributed by atoms with Crippen LogP contribution in [0.15, 0.2) is 96.2 Å². The molecule has 6 heteroatoms. The van der Waals surface area contributed by atoms with E-state index in [-0.39, 0.29) is 5.56 Å². The highest BCUT2D eigenvalue weighted by Gasteiger charge is 2.10. The summed E-state index contributed by atoms with van der Waals surface area (Å²) in [4.78, 5) is 10.9. The maximum absolute atomic E-state index is 10.9. The molecule has 4 aromatic rings. The summed E-state index contributed by atoms with van der Waals surface area (Å²) in [5, 5.41) is 18.0. The fourth-order valence-electron chi connectivity index (χ4n) is 2.88. The van der Waals surface area contributed by atoms with Crippen LogP contribution in [0.25, 0.3) is 16.9 Å². The van der Waals surface area contributed by atoms with Gasteiger partial charge in [-0.1, -0.05) is 48.5 Å². The SMILES string of the molecule is O=C(O)c1ccc(NN=Cc2cn(-c3ccccc3)nc2-c2ccccc2)cc1. The second kappa shape index (κ2) is 8.22. The van der Waals surface area contributed by atoms with E-state index in [1.54, 1.807) is 18.3 Å². The number of rotatable bonds is 6. The molecule has 0 unspecified atom stereocenters. The molecular formula is C23H18N4O2. The molecule has 0 atom stereocenters. The zero-order valence-electron chi connectivity index (χ0n) is 15.4. The van der Waals surface area contributed by atoms with E-state index in [4.69, 9.17) is 10.2 Å². The lowest BCUT2D eigenvalue weighted by molar-refractivity contribution is 0.0697. The zero-order valence-corrected chi connectivity index (χ0v) is 15.4. The van der Waals surface area contributed by atoms with E-state index in [1.807, 2.05) is 71.5 Å². The maximum atomic E-state index is 10.9. The summed E-state index contributed by atoms with van der Waals surface area (Å²) in [5.74, 6) is -0.958. The Hall–Kier alpha value is -4.19. The third-order valence-electron chi connectivity index (χ3n) is 4.34. The predicted molar refractivity (Wildman–Crippen MR) is 114 cm³/mol. The summed E-state index contributed by atoms with van der Waals surface area (Å²) < 4.78 is 1.82. The first-order valence-electron chi connectivity index (χ1n) is 9.04. The van der Waals surface area contributed by atoms with Gasteiger partial charge in [0.25, 0.3) is 0 Å². The normalized spacial score (nSPS) is 10.9. The Kier molecular flexibility index (Phi) is 5.16. The molecule has 29 heavy (non-hydrogen) atoms. The molecule has 1 aromatic heterocycles. The fraction of sp³-hybridized carbons (Fsp3) is 0. The number of nitrogens with zero attached hydrogens (tertiary/aromatic N) is 3. The van der Waals surface area contributed by atoms with Gasteiger partial charge in [0.15, 0.2) is 0 Å². The van der Waals surface area contributed by atoms with Gasteiger partial charge in [-0.05, 0) is 36.4 Å². The van der Waals surface area contributed by atoms with Crippen molar-refractivity contribution in [2.75, 3.05) is 5.43 Å². The standard InChI is InChI=1S/C23H18N4O2/c28-23(29)18-11-13-20(14-12-18)25-24-15-19-16-27(21-9-5-2-6-10-21)26-22(19)17-7-3-1-4-8-17/h1-16,25H,(H,28,29). The first-order valence-corrected chi connectivity index (χ1v) is 9.04. The highest BCUT2D eigenvalue weighted by atomic mass is 16.4. The van der Waals surface area contributed by atoms with Crippen molar-refractivity contribution in [2.45, 2.75) is 0 Å². The van der Waals surface area contributed by atoms with Crippen LogP contribution >= 0.6 is 0 Å². The molecule has 0 aliphatic heterocycles. The van der Waals surface area contributed by atoms with Crippen LogP contribution in [0.5, 0.6) is 0 Å². The Bertz CT molecular complexity index is 1130. The number of aromatic nitrogens is 2. The molecule has 2 N–H and O–H groups in total. The Morgan fingerprint density at radius 1 is 0.931 bits per heavy atom. The summed E-state index contributed by atoms with van der Waals surface area (Å²) in [5.41, 5.74) is 7.49. The van der Waals surface area contributed by atoms with Crippen LogP contribution in [0, 0.1) is 0 Å².